The first kappa shape index (κ1) is 15.6. The van der Waals surface area contributed by atoms with Gasteiger partial charge in [-0.3, -0.25) is 0 Å². The van der Waals surface area contributed by atoms with Gasteiger partial charge in [0.25, 0.3) is 5.92 Å². The molecule has 0 bridgehead atoms. The number of hydrogen-bond donors (Lipinski definition) is 2. The monoisotopic (exact) mass is 357 g/mol. The van der Waals surface area contributed by atoms with E-state index in [2.05, 4.69) is 35.3 Å². The van der Waals surface area contributed by atoms with Gasteiger partial charge in [0.1, 0.15) is 5.52 Å². The van der Waals surface area contributed by atoms with Crippen LogP contribution in [0.3, 0.4) is 0 Å². The normalized spacial score (nSPS) is 18.7. The lowest BCUT2D eigenvalue weighted by atomic mass is 10.4. The molecular weight excluding hydrogens is 346 g/mol. The number of hydrogen-bond acceptors (Lipinski definition) is 6. The summed E-state index contributed by atoms with van der Waals surface area (Å²) in [5, 5.41) is 12.8. The standard InChI is InChI=1S/C13H11F4N7O/c14-12(15)25-10-1-8(22-23-10)20-9-4-18-7-3-19-24(11(7)21-9)5-6-2-13(6,16)17/h1,3-4,6,12H,2,5H2,(H2,20,21,22,23). The predicted octanol–water partition coefficient (Wildman–Crippen LogP) is 2.55. The van der Waals surface area contributed by atoms with Crippen molar-refractivity contribution < 1.29 is 22.3 Å². The Hall–Kier alpha value is -2.92. The van der Waals surface area contributed by atoms with E-state index < -0.39 is 18.5 Å². The molecule has 1 atom stereocenters. The van der Waals surface area contributed by atoms with Gasteiger partial charge in [0.05, 0.1) is 18.9 Å². The van der Waals surface area contributed by atoms with Crippen molar-refractivity contribution in [2.24, 2.45) is 5.92 Å². The zero-order valence-electron chi connectivity index (χ0n) is 12.5. The molecule has 1 aliphatic rings. The van der Waals surface area contributed by atoms with E-state index in [0.29, 0.717) is 11.2 Å². The number of aromatic nitrogens is 6. The first-order chi connectivity index (χ1) is 11.9. The Labute approximate surface area is 137 Å². The average molecular weight is 357 g/mol. The number of anilines is 2. The number of ether oxygens (including phenoxy) is 1. The molecule has 0 radical (unpaired) electrons. The molecule has 1 aliphatic carbocycles. The number of halogens is 4. The molecular formula is C13H11F4N7O. The number of fused-ring (bicyclic) bond motifs is 1. The minimum Gasteiger partial charge on any atom is -0.417 e. The average Bonchev–Trinajstić information content (AvgIpc) is 2.90. The number of aromatic amines is 1. The maximum Gasteiger partial charge on any atom is 0.388 e. The third-order valence-electron chi connectivity index (χ3n) is 3.72. The SMILES string of the molecule is FC(F)Oc1cc(Nc2cnc3cnn(CC4CC4(F)F)c3n2)n[nH]1. The second kappa shape index (κ2) is 5.57. The van der Waals surface area contributed by atoms with Crippen LogP contribution in [0.4, 0.5) is 29.2 Å². The van der Waals surface area contributed by atoms with Gasteiger partial charge >= 0.3 is 6.61 Å². The fraction of sp³-hybridized carbons (Fsp3) is 0.385. The van der Waals surface area contributed by atoms with Crippen LogP contribution < -0.4 is 10.1 Å². The molecule has 1 unspecified atom stereocenters. The second-order valence-corrected chi connectivity index (χ2v) is 5.57. The van der Waals surface area contributed by atoms with Crippen LogP contribution in [-0.2, 0) is 6.54 Å². The number of alkyl halides is 4. The molecule has 132 valence electrons. The van der Waals surface area contributed by atoms with Crippen LogP contribution in [0.2, 0.25) is 0 Å². The summed E-state index contributed by atoms with van der Waals surface area (Å²) in [6, 6.07) is 1.22. The number of rotatable bonds is 6. The lowest BCUT2D eigenvalue weighted by molar-refractivity contribution is -0.0528. The molecule has 25 heavy (non-hydrogen) atoms. The maximum absolute atomic E-state index is 13.1. The van der Waals surface area contributed by atoms with Gasteiger partial charge in [-0.25, -0.2) is 28.5 Å². The van der Waals surface area contributed by atoms with Gasteiger partial charge in [-0.05, 0) is 0 Å². The zero-order chi connectivity index (χ0) is 17.6. The molecule has 0 aromatic carbocycles. The highest BCUT2D eigenvalue weighted by Crippen LogP contribution is 2.49. The predicted molar refractivity (Wildman–Crippen MR) is 76.9 cm³/mol. The summed E-state index contributed by atoms with van der Waals surface area (Å²) in [7, 11) is 0. The molecule has 3 aromatic heterocycles. The van der Waals surface area contributed by atoms with Gasteiger partial charge < -0.3 is 10.1 Å². The highest BCUT2D eigenvalue weighted by atomic mass is 19.3. The molecule has 1 saturated carbocycles. The van der Waals surface area contributed by atoms with Crippen LogP contribution in [0.15, 0.2) is 18.5 Å². The Bertz CT molecular complexity index is 909. The van der Waals surface area contributed by atoms with E-state index in [1.165, 1.54) is 23.1 Å². The highest BCUT2D eigenvalue weighted by molar-refractivity contribution is 5.71. The van der Waals surface area contributed by atoms with Crippen LogP contribution in [0.5, 0.6) is 5.88 Å². The molecule has 4 rings (SSSR count). The zero-order valence-corrected chi connectivity index (χ0v) is 12.5. The summed E-state index contributed by atoms with van der Waals surface area (Å²) in [4.78, 5) is 8.40. The fourth-order valence-corrected chi connectivity index (χ4v) is 2.37. The van der Waals surface area contributed by atoms with Gasteiger partial charge in [0.15, 0.2) is 17.3 Å². The van der Waals surface area contributed by atoms with E-state index in [1.807, 2.05) is 0 Å². The summed E-state index contributed by atoms with van der Waals surface area (Å²) < 4.78 is 56.0. The first-order valence-electron chi connectivity index (χ1n) is 7.24. The Morgan fingerprint density at radius 1 is 1.36 bits per heavy atom. The van der Waals surface area contributed by atoms with E-state index >= 15 is 0 Å². The topological polar surface area (TPSA) is 93.5 Å². The first-order valence-corrected chi connectivity index (χ1v) is 7.24. The van der Waals surface area contributed by atoms with Gasteiger partial charge in [-0.1, -0.05) is 0 Å². The molecule has 1 fully saturated rings. The molecule has 12 heteroatoms. The van der Waals surface area contributed by atoms with E-state index in [4.69, 9.17) is 0 Å². The quantitative estimate of drug-likeness (QED) is 0.659. The number of nitrogens with one attached hydrogen (secondary N) is 2. The Morgan fingerprint density at radius 2 is 2.16 bits per heavy atom. The van der Waals surface area contributed by atoms with Crippen LogP contribution in [0.25, 0.3) is 11.2 Å². The number of H-pyrrole nitrogens is 1. The van der Waals surface area contributed by atoms with E-state index in [1.54, 1.807) is 0 Å². The third-order valence-corrected chi connectivity index (χ3v) is 3.72. The lowest BCUT2D eigenvalue weighted by Crippen LogP contribution is -2.08. The van der Waals surface area contributed by atoms with Gasteiger partial charge in [0.2, 0.25) is 5.88 Å². The maximum atomic E-state index is 13.1. The van der Waals surface area contributed by atoms with Crippen molar-refractivity contribution in [2.45, 2.75) is 25.5 Å². The van der Waals surface area contributed by atoms with E-state index in [-0.39, 0.29) is 30.5 Å². The summed E-state index contributed by atoms with van der Waals surface area (Å²) in [5.41, 5.74) is 0.797. The van der Waals surface area contributed by atoms with Crippen LogP contribution in [0, 0.1) is 5.92 Å². The molecule has 0 aliphatic heterocycles. The van der Waals surface area contributed by atoms with Gasteiger partial charge in [-0.15, -0.1) is 0 Å². The second-order valence-electron chi connectivity index (χ2n) is 5.57. The summed E-state index contributed by atoms with van der Waals surface area (Å²) in [6.45, 7) is -2.93. The Kier molecular flexibility index (Phi) is 3.47. The smallest absolute Gasteiger partial charge is 0.388 e. The van der Waals surface area contributed by atoms with Crippen molar-refractivity contribution in [3.63, 3.8) is 0 Å². The van der Waals surface area contributed by atoms with E-state index in [0.717, 1.165) is 0 Å². The molecule has 2 N–H and O–H groups in total. The van der Waals surface area contributed by atoms with Gasteiger partial charge in [-0.2, -0.15) is 19.0 Å². The summed E-state index contributed by atoms with van der Waals surface area (Å²) >= 11 is 0. The Morgan fingerprint density at radius 3 is 2.88 bits per heavy atom. The minimum atomic E-state index is -2.97. The van der Waals surface area contributed by atoms with Crippen LogP contribution in [0.1, 0.15) is 6.42 Å². The molecule has 0 amide bonds. The fourth-order valence-electron chi connectivity index (χ4n) is 2.37. The molecule has 3 heterocycles. The molecule has 0 spiro atoms. The molecule has 0 saturated heterocycles. The largest absolute Gasteiger partial charge is 0.417 e. The minimum absolute atomic E-state index is 0.0451. The van der Waals surface area contributed by atoms with Crippen molar-refractivity contribution in [2.75, 3.05) is 5.32 Å². The van der Waals surface area contributed by atoms with Crippen molar-refractivity contribution in [3.8, 4) is 5.88 Å². The van der Waals surface area contributed by atoms with Crippen LogP contribution >= 0.6 is 0 Å². The van der Waals surface area contributed by atoms with Crippen molar-refractivity contribution in [3.05, 3.63) is 18.5 Å². The van der Waals surface area contributed by atoms with Crippen molar-refractivity contribution >= 4 is 22.8 Å². The number of nitrogens with zero attached hydrogens (tertiary/aromatic N) is 5. The van der Waals surface area contributed by atoms with E-state index in [9.17, 15) is 17.6 Å². The highest BCUT2D eigenvalue weighted by Gasteiger charge is 2.57. The lowest BCUT2D eigenvalue weighted by Gasteiger charge is -2.04. The third kappa shape index (κ3) is 3.19. The summed E-state index contributed by atoms with van der Waals surface area (Å²) in [6.07, 6.45) is 2.66. The van der Waals surface area contributed by atoms with Gasteiger partial charge in [0, 0.05) is 18.4 Å². The van der Waals surface area contributed by atoms with Crippen molar-refractivity contribution in [1.29, 1.82) is 0 Å². The summed E-state index contributed by atoms with van der Waals surface area (Å²) in [5.74, 6) is -3.18. The molecule has 8 nitrogen and oxygen atoms in total. The molecule has 3 aromatic rings. The Balaban J connectivity index is 1.53. The van der Waals surface area contributed by atoms with Crippen LogP contribution in [-0.4, -0.2) is 42.5 Å². The van der Waals surface area contributed by atoms with Crippen molar-refractivity contribution in [1.82, 2.24) is 29.9 Å².